The highest BCUT2D eigenvalue weighted by Gasteiger charge is 2.15. The summed E-state index contributed by atoms with van der Waals surface area (Å²) >= 11 is 0. The zero-order valence-corrected chi connectivity index (χ0v) is 14.2. The molecule has 0 atom stereocenters. The molecule has 0 saturated heterocycles. The van der Waals surface area contributed by atoms with Crippen molar-refractivity contribution in [3.05, 3.63) is 69.6 Å². The smallest absolute Gasteiger partial charge is 0.294 e. The van der Waals surface area contributed by atoms with Gasteiger partial charge in [0.2, 0.25) is 5.82 Å². The van der Waals surface area contributed by atoms with Crippen molar-refractivity contribution < 1.29 is 0 Å². The summed E-state index contributed by atoms with van der Waals surface area (Å²) in [5, 5.41) is 10.2. The Morgan fingerprint density at radius 3 is 2.56 bits per heavy atom. The molecule has 0 radical (unpaired) electrons. The van der Waals surface area contributed by atoms with Crippen molar-refractivity contribution in [2.24, 2.45) is 7.05 Å². The van der Waals surface area contributed by atoms with Crippen LogP contribution in [0.4, 0.5) is 0 Å². The number of para-hydroxylation sites is 1. The summed E-state index contributed by atoms with van der Waals surface area (Å²) in [5.41, 5.74) is 4.94. The van der Waals surface area contributed by atoms with E-state index in [-0.39, 0.29) is 5.56 Å². The molecule has 0 fully saturated rings. The second-order valence-electron chi connectivity index (χ2n) is 6.27. The summed E-state index contributed by atoms with van der Waals surface area (Å²) < 4.78 is 3.33. The molecule has 25 heavy (non-hydrogen) atoms. The van der Waals surface area contributed by atoms with E-state index < -0.39 is 0 Å². The van der Waals surface area contributed by atoms with Crippen LogP contribution >= 0.6 is 0 Å². The Balaban J connectivity index is 2.13. The van der Waals surface area contributed by atoms with Crippen molar-refractivity contribution in [1.82, 2.24) is 14.1 Å². The number of nitriles is 1. The first-order valence-electron chi connectivity index (χ1n) is 8.00. The molecule has 122 valence electrons. The van der Waals surface area contributed by atoms with Gasteiger partial charge in [-0.1, -0.05) is 18.2 Å². The van der Waals surface area contributed by atoms with E-state index in [9.17, 15) is 10.1 Å². The molecule has 5 nitrogen and oxygen atoms in total. The molecule has 2 aromatic heterocycles. The second kappa shape index (κ2) is 5.32. The number of hydrogen-bond acceptors (Lipinski definition) is 3. The maximum absolute atomic E-state index is 12.9. The van der Waals surface area contributed by atoms with Gasteiger partial charge in [0.15, 0.2) is 0 Å². The lowest BCUT2D eigenvalue weighted by Gasteiger charge is -2.11. The van der Waals surface area contributed by atoms with Gasteiger partial charge >= 0.3 is 0 Å². The van der Waals surface area contributed by atoms with E-state index in [1.807, 2.05) is 50.2 Å². The first-order chi connectivity index (χ1) is 12.0. The average Bonchev–Trinajstić information content (AvgIpc) is 2.99. The third kappa shape index (κ3) is 2.15. The van der Waals surface area contributed by atoms with Crippen molar-refractivity contribution in [3.63, 3.8) is 0 Å². The molecule has 0 saturated carbocycles. The Morgan fingerprint density at radius 1 is 1.08 bits per heavy atom. The third-order valence-electron chi connectivity index (χ3n) is 4.74. The maximum Gasteiger partial charge on any atom is 0.294 e. The van der Waals surface area contributed by atoms with Crippen molar-refractivity contribution in [1.29, 1.82) is 5.26 Å². The minimum Gasteiger partial charge on any atom is -0.307 e. The first-order valence-corrected chi connectivity index (χ1v) is 8.00. The predicted molar refractivity (Wildman–Crippen MR) is 98.0 cm³/mol. The van der Waals surface area contributed by atoms with Gasteiger partial charge in [-0.25, -0.2) is 4.98 Å². The van der Waals surface area contributed by atoms with Crippen molar-refractivity contribution in [3.8, 4) is 11.9 Å². The van der Waals surface area contributed by atoms with Crippen LogP contribution < -0.4 is 5.56 Å². The van der Waals surface area contributed by atoms with Crippen LogP contribution in [0.25, 0.3) is 27.8 Å². The molecule has 5 heteroatoms. The predicted octanol–water partition coefficient (Wildman–Crippen LogP) is 3.37. The topological polar surface area (TPSA) is 63.6 Å². The highest BCUT2D eigenvalue weighted by Crippen LogP contribution is 2.24. The lowest BCUT2D eigenvalue weighted by Crippen LogP contribution is -2.24. The molecule has 0 spiro atoms. The Morgan fingerprint density at radius 2 is 1.80 bits per heavy atom. The summed E-state index contributed by atoms with van der Waals surface area (Å²) in [4.78, 5) is 17.5. The van der Waals surface area contributed by atoms with E-state index >= 15 is 0 Å². The number of fused-ring (bicyclic) bond motifs is 2. The first kappa shape index (κ1) is 15.2. The van der Waals surface area contributed by atoms with Gasteiger partial charge in [-0.3, -0.25) is 9.36 Å². The van der Waals surface area contributed by atoms with Crippen LogP contribution in [0.1, 0.15) is 16.7 Å². The molecular formula is C20H16N4O. The fourth-order valence-corrected chi connectivity index (χ4v) is 3.17. The van der Waals surface area contributed by atoms with Gasteiger partial charge in [-0.05, 0) is 43.2 Å². The molecule has 0 bridgehead atoms. The van der Waals surface area contributed by atoms with Crippen LogP contribution in [0.2, 0.25) is 0 Å². The second-order valence-corrected chi connectivity index (χ2v) is 6.27. The fourth-order valence-electron chi connectivity index (χ4n) is 3.17. The van der Waals surface area contributed by atoms with Gasteiger partial charge in [0.1, 0.15) is 6.07 Å². The van der Waals surface area contributed by atoms with E-state index in [2.05, 4.69) is 11.1 Å². The molecule has 0 aliphatic heterocycles. The van der Waals surface area contributed by atoms with Gasteiger partial charge in [-0.2, -0.15) is 5.26 Å². The molecule has 4 aromatic rings. The summed E-state index contributed by atoms with van der Waals surface area (Å²) in [6, 6.07) is 13.7. The highest BCUT2D eigenvalue weighted by atomic mass is 16.1. The zero-order chi connectivity index (χ0) is 17.7. The highest BCUT2D eigenvalue weighted by molar-refractivity contribution is 5.88. The molecule has 0 N–H and O–H groups in total. The van der Waals surface area contributed by atoms with Gasteiger partial charge in [0.05, 0.1) is 22.1 Å². The number of aromatic nitrogens is 3. The Kier molecular flexibility index (Phi) is 3.22. The maximum atomic E-state index is 12.9. The van der Waals surface area contributed by atoms with Crippen molar-refractivity contribution in [2.75, 3.05) is 0 Å². The zero-order valence-electron chi connectivity index (χ0n) is 14.2. The summed E-state index contributed by atoms with van der Waals surface area (Å²) in [6.07, 6.45) is 1.68. The minimum absolute atomic E-state index is 0.194. The fraction of sp³-hybridized carbons (Fsp3) is 0.150. The van der Waals surface area contributed by atoms with Crippen LogP contribution in [0.3, 0.4) is 0 Å². The number of benzene rings is 2. The molecule has 0 amide bonds. The summed E-state index contributed by atoms with van der Waals surface area (Å²) in [5.74, 6) is 0.302. The minimum atomic E-state index is -0.194. The molecule has 0 unspecified atom stereocenters. The molecule has 0 aliphatic rings. The van der Waals surface area contributed by atoms with Crippen LogP contribution in [0.15, 0.2) is 47.4 Å². The average molecular weight is 328 g/mol. The van der Waals surface area contributed by atoms with E-state index in [1.54, 1.807) is 22.4 Å². The molecule has 2 heterocycles. The lowest BCUT2D eigenvalue weighted by atomic mass is 10.1. The largest absolute Gasteiger partial charge is 0.307 e. The lowest BCUT2D eigenvalue weighted by molar-refractivity contribution is 0.859. The molecule has 2 aromatic carbocycles. The van der Waals surface area contributed by atoms with Crippen LogP contribution in [0.5, 0.6) is 0 Å². The normalized spacial score (nSPS) is 11.1. The quantitative estimate of drug-likeness (QED) is 0.538. The van der Waals surface area contributed by atoms with E-state index in [0.29, 0.717) is 11.4 Å². The van der Waals surface area contributed by atoms with Crippen LogP contribution in [0, 0.1) is 25.2 Å². The standard InChI is InChI=1S/C20H16N4O/c1-12-8-16-18(9-13(12)2)23(3)20(25)19(22-16)24-11-14(10-21)15-6-4-5-7-17(15)24/h4-9,11H,1-3H3. The summed E-state index contributed by atoms with van der Waals surface area (Å²) in [7, 11) is 1.75. The van der Waals surface area contributed by atoms with Crippen molar-refractivity contribution >= 4 is 21.9 Å². The Labute approximate surface area is 144 Å². The van der Waals surface area contributed by atoms with E-state index in [1.165, 1.54) is 0 Å². The van der Waals surface area contributed by atoms with Gasteiger partial charge in [0.25, 0.3) is 5.56 Å². The summed E-state index contributed by atoms with van der Waals surface area (Å²) in [6.45, 7) is 4.05. The van der Waals surface area contributed by atoms with Crippen molar-refractivity contribution in [2.45, 2.75) is 13.8 Å². The Bertz CT molecular complexity index is 1250. The Hall–Kier alpha value is -3.39. The van der Waals surface area contributed by atoms with E-state index in [4.69, 9.17) is 0 Å². The number of aryl methyl sites for hydroxylation is 3. The monoisotopic (exact) mass is 328 g/mol. The molecular weight excluding hydrogens is 312 g/mol. The third-order valence-corrected chi connectivity index (χ3v) is 4.74. The van der Waals surface area contributed by atoms with E-state index in [0.717, 1.165) is 33.1 Å². The number of hydrogen-bond donors (Lipinski definition) is 0. The van der Waals surface area contributed by atoms with Crippen LogP contribution in [-0.2, 0) is 7.05 Å². The molecule has 0 aliphatic carbocycles. The number of rotatable bonds is 1. The SMILES string of the molecule is Cc1cc2nc(-n3cc(C#N)c4ccccc43)c(=O)n(C)c2cc1C. The van der Waals surface area contributed by atoms with Gasteiger partial charge in [0, 0.05) is 18.6 Å². The molecule has 4 rings (SSSR count). The van der Waals surface area contributed by atoms with Gasteiger partial charge < -0.3 is 4.57 Å². The van der Waals surface area contributed by atoms with Crippen LogP contribution in [-0.4, -0.2) is 14.1 Å². The number of nitrogens with zero attached hydrogens (tertiary/aromatic N) is 4. The van der Waals surface area contributed by atoms with Gasteiger partial charge in [-0.15, -0.1) is 0 Å².